The molecule has 11 heteroatoms. The summed E-state index contributed by atoms with van der Waals surface area (Å²) in [5.41, 5.74) is 0.762. The number of nitrogens with zero attached hydrogens (tertiary/aromatic N) is 1. The number of rotatable bonds is 7. The third-order valence-corrected chi connectivity index (χ3v) is 5.06. The molecule has 0 aliphatic rings. The van der Waals surface area contributed by atoms with Crippen molar-refractivity contribution in [3.8, 4) is 0 Å². The molecule has 0 aliphatic carbocycles. The van der Waals surface area contributed by atoms with Gasteiger partial charge < -0.3 is 0 Å². The van der Waals surface area contributed by atoms with Gasteiger partial charge in [-0.15, -0.1) is 0 Å². The SMILES string of the molecule is CNS(=O)OCC(=O)Nc1nc(Cl)c(Cc2ccc(F)c(Cl)c2)s1. The van der Waals surface area contributed by atoms with Crippen LogP contribution in [0.1, 0.15) is 10.4 Å². The van der Waals surface area contributed by atoms with Crippen LogP contribution in [0.3, 0.4) is 0 Å². The van der Waals surface area contributed by atoms with Crippen LogP contribution < -0.4 is 10.0 Å². The van der Waals surface area contributed by atoms with Crippen LogP contribution >= 0.6 is 34.5 Å². The van der Waals surface area contributed by atoms with E-state index in [4.69, 9.17) is 27.4 Å². The van der Waals surface area contributed by atoms with Crippen LogP contribution in [0.25, 0.3) is 0 Å². The molecule has 130 valence electrons. The molecule has 2 aromatic rings. The minimum absolute atomic E-state index is 0.0244. The topological polar surface area (TPSA) is 80.3 Å². The lowest BCUT2D eigenvalue weighted by Crippen LogP contribution is -2.22. The van der Waals surface area contributed by atoms with E-state index in [9.17, 15) is 13.4 Å². The molecule has 0 spiro atoms. The first-order chi connectivity index (χ1) is 11.4. The number of hydrogen-bond donors (Lipinski definition) is 2. The maximum atomic E-state index is 13.2. The van der Waals surface area contributed by atoms with Crippen LogP contribution in [0, 0.1) is 5.82 Å². The van der Waals surface area contributed by atoms with Gasteiger partial charge in [0.15, 0.2) is 5.13 Å². The van der Waals surface area contributed by atoms with Gasteiger partial charge in [-0.2, -0.15) is 0 Å². The maximum Gasteiger partial charge on any atom is 0.253 e. The normalized spacial score (nSPS) is 12.2. The lowest BCUT2D eigenvalue weighted by Gasteiger charge is -2.02. The third-order valence-electron chi connectivity index (χ3n) is 2.71. The first kappa shape index (κ1) is 19.2. The van der Waals surface area contributed by atoms with Crippen molar-refractivity contribution >= 4 is 56.8 Å². The van der Waals surface area contributed by atoms with E-state index in [0.29, 0.717) is 11.3 Å². The van der Waals surface area contributed by atoms with Crippen molar-refractivity contribution in [2.24, 2.45) is 0 Å². The molecule has 1 unspecified atom stereocenters. The fourth-order valence-electron chi connectivity index (χ4n) is 1.65. The first-order valence-corrected chi connectivity index (χ1v) is 9.15. The molecule has 6 nitrogen and oxygen atoms in total. The van der Waals surface area contributed by atoms with Gasteiger partial charge in [0.1, 0.15) is 17.6 Å². The zero-order valence-corrected chi connectivity index (χ0v) is 15.4. The molecule has 0 saturated heterocycles. The minimum atomic E-state index is -1.73. The highest BCUT2D eigenvalue weighted by atomic mass is 35.5. The zero-order valence-electron chi connectivity index (χ0n) is 12.3. The lowest BCUT2D eigenvalue weighted by atomic mass is 10.1. The Labute approximate surface area is 154 Å². The van der Waals surface area contributed by atoms with Crippen molar-refractivity contribution in [1.82, 2.24) is 9.71 Å². The summed E-state index contributed by atoms with van der Waals surface area (Å²) in [6.45, 7) is -0.395. The molecular formula is C13H12Cl2FN3O3S2. The van der Waals surface area contributed by atoms with E-state index in [1.54, 1.807) is 6.07 Å². The van der Waals surface area contributed by atoms with E-state index in [1.165, 1.54) is 30.5 Å². The molecule has 1 aromatic heterocycles. The monoisotopic (exact) mass is 411 g/mol. The van der Waals surface area contributed by atoms with Crippen LogP contribution in [0.5, 0.6) is 0 Å². The van der Waals surface area contributed by atoms with Crippen molar-refractivity contribution in [2.45, 2.75) is 6.42 Å². The summed E-state index contributed by atoms with van der Waals surface area (Å²) >= 11 is 11.2. The van der Waals surface area contributed by atoms with Gasteiger partial charge in [-0.1, -0.05) is 40.6 Å². The predicted octanol–water partition coefficient (Wildman–Crippen LogP) is 2.93. The van der Waals surface area contributed by atoms with E-state index < -0.39 is 29.6 Å². The van der Waals surface area contributed by atoms with Gasteiger partial charge in [0.05, 0.1) is 5.02 Å². The van der Waals surface area contributed by atoms with E-state index in [1.807, 2.05) is 0 Å². The number of hydrogen-bond acceptors (Lipinski definition) is 5. The summed E-state index contributed by atoms with van der Waals surface area (Å²) in [5, 5.41) is 3.04. The molecule has 0 saturated carbocycles. The summed E-state index contributed by atoms with van der Waals surface area (Å²) in [7, 11) is 1.43. The molecule has 0 bridgehead atoms. The van der Waals surface area contributed by atoms with Crippen LogP contribution in [0.2, 0.25) is 10.2 Å². The molecule has 1 atom stereocenters. The van der Waals surface area contributed by atoms with Crippen molar-refractivity contribution < 1.29 is 17.6 Å². The number of anilines is 1. The van der Waals surface area contributed by atoms with Crippen molar-refractivity contribution in [3.63, 3.8) is 0 Å². The molecule has 1 amide bonds. The van der Waals surface area contributed by atoms with E-state index >= 15 is 0 Å². The van der Waals surface area contributed by atoms with Gasteiger partial charge in [0.25, 0.3) is 5.91 Å². The molecule has 1 aromatic carbocycles. The molecule has 0 aliphatic heterocycles. The number of benzene rings is 1. The largest absolute Gasteiger partial charge is 0.300 e. The fourth-order valence-corrected chi connectivity index (χ4v) is 3.41. The number of carbonyl (C=O) groups is 1. The summed E-state index contributed by atoms with van der Waals surface area (Å²) in [4.78, 5) is 16.4. The molecule has 2 rings (SSSR count). The highest BCUT2D eigenvalue weighted by molar-refractivity contribution is 7.78. The molecule has 24 heavy (non-hydrogen) atoms. The molecular weight excluding hydrogens is 400 g/mol. The quantitative estimate of drug-likeness (QED) is 0.733. The molecule has 0 fully saturated rings. The third kappa shape index (κ3) is 5.47. The smallest absolute Gasteiger partial charge is 0.253 e. The number of amides is 1. The average Bonchev–Trinajstić information content (AvgIpc) is 2.88. The van der Waals surface area contributed by atoms with E-state index in [0.717, 1.165) is 5.56 Å². The molecule has 1 heterocycles. The van der Waals surface area contributed by atoms with Gasteiger partial charge in [-0.05, 0) is 24.7 Å². The molecule has 0 radical (unpaired) electrons. The summed E-state index contributed by atoms with van der Waals surface area (Å²) in [6.07, 6.45) is 0.395. The van der Waals surface area contributed by atoms with Crippen LogP contribution in [0.15, 0.2) is 18.2 Å². The van der Waals surface area contributed by atoms with Gasteiger partial charge in [0, 0.05) is 11.3 Å². The standard InChI is InChI=1S/C13H12Cl2FN3O3S2/c1-17-24(21)22-6-11(20)18-13-19-12(15)10(23-13)5-7-2-3-9(16)8(14)4-7/h2-4,17H,5-6H2,1H3,(H,18,19,20). The highest BCUT2D eigenvalue weighted by Gasteiger charge is 2.14. The number of aromatic nitrogens is 1. The van der Waals surface area contributed by atoms with Gasteiger partial charge >= 0.3 is 0 Å². The highest BCUT2D eigenvalue weighted by Crippen LogP contribution is 2.30. The minimum Gasteiger partial charge on any atom is -0.300 e. The molecule has 2 N–H and O–H groups in total. The lowest BCUT2D eigenvalue weighted by molar-refractivity contribution is -0.117. The number of carbonyl (C=O) groups excluding carboxylic acids is 1. The number of thiazole rings is 1. The Balaban J connectivity index is 2.00. The van der Waals surface area contributed by atoms with Crippen molar-refractivity contribution in [3.05, 3.63) is 44.6 Å². The summed E-state index contributed by atoms with van der Waals surface area (Å²) < 4.78 is 31.2. The Hall–Kier alpha value is -1.10. The van der Waals surface area contributed by atoms with E-state index in [2.05, 4.69) is 15.0 Å². The fraction of sp³-hybridized carbons (Fsp3) is 0.231. The first-order valence-electron chi connectivity index (χ1n) is 6.50. The van der Waals surface area contributed by atoms with Crippen molar-refractivity contribution in [2.75, 3.05) is 19.0 Å². The van der Waals surface area contributed by atoms with Crippen LogP contribution in [-0.2, 0) is 26.7 Å². The number of nitrogens with one attached hydrogen (secondary N) is 2. The second-order valence-corrected chi connectivity index (χ2v) is 7.37. The maximum absolute atomic E-state index is 13.2. The van der Waals surface area contributed by atoms with Crippen LogP contribution in [0.4, 0.5) is 9.52 Å². The Bertz CT molecular complexity index is 773. The van der Waals surface area contributed by atoms with Gasteiger partial charge in [0.2, 0.25) is 11.3 Å². The van der Waals surface area contributed by atoms with Crippen molar-refractivity contribution in [1.29, 1.82) is 0 Å². The van der Waals surface area contributed by atoms with E-state index in [-0.39, 0.29) is 15.3 Å². The Kier molecular flexibility index (Phi) is 7.08. The Morgan fingerprint density at radius 3 is 2.88 bits per heavy atom. The van der Waals surface area contributed by atoms with Gasteiger partial charge in [-0.3, -0.25) is 14.3 Å². The second kappa shape index (κ2) is 8.84. The second-order valence-electron chi connectivity index (χ2n) is 4.41. The van der Waals surface area contributed by atoms with Crippen LogP contribution in [-0.4, -0.2) is 28.8 Å². The predicted molar refractivity (Wildman–Crippen MR) is 93.1 cm³/mol. The number of halogens is 3. The average molecular weight is 412 g/mol. The summed E-state index contributed by atoms with van der Waals surface area (Å²) in [5.74, 6) is -1.01. The zero-order chi connectivity index (χ0) is 17.7. The Morgan fingerprint density at radius 2 is 2.21 bits per heavy atom. The Morgan fingerprint density at radius 1 is 1.46 bits per heavy atom. The van der Waals surface area contributed by atoms with Gasteiger partial charge in [-0.25, -0.2) is 18.3 Å². The summed E-state index contributed by atoms with van der Waals surface area (Å²) in [6, 6.07) is 4.37.